The van der Waals surface area contributed by atoms with Crippen molar-refractivity contribution in [3.8, 4) is 11.3 Å². The van der Waals surface area contributed by atoms with Crippen molar-refractivity contribution in [2.45, 2.75) is 33.6 Å². The molecule has 1 aromatic heterocycles. The number of hydrogen-bond acceptors (Lipinski definition) is 4. The van der Waals surface area contributed by atoms with Gasteiger partial charge in [0, 0.05) is 12.0 Å². The van der Waals surface area contributed by atoms with Crippen LogP contribution in [0.1, 0.15) is 52.2 Å². The first kappa shape index (κ1) is 16.4. The highest BCUT2D eigenvalue weighted by atomic mass is 16.5. The van der Waals surface area contributed by atoms with E-state index in [2.05, 4.69) is 0 Å². The Morgan fingerprint density at radius 1 is 1.17 bits per heavy atom. The number of ketones is 1. The van der Waals surface area contributed by atoms with Gasteiger partial charge in [-0.25, -0.2) is 4.79 Å². The number of carbonyl (C=O) groups is 2. The van der Waals surface area contributed by atoms with Crippen LogP contribution in [-0.4, -0.2) is 23.8 Å². The van der Waals surface area contributed by atoms with Gasteiger partial charge in [0.2, 0.25) is 0 Å². The van der Waals surface area contributed by atoms with Crippen molar-refractivity contribution in [2.75, 3.05) is 7.11 Å². The average Bonchev–Trinajstić information content (AvgIpc) is 2.52. The van der Waals surface area contributed by atoms with E-state index in [0.717, 1.165) is 11.1 Å². The van der Waals surface area contributed by atoms with Crippen molar-refractivity contribution in [1.82, 2.24) is 4.98 Å². The maximum atomic E-state index is 12.6. The third kappa shape index (κ3) is 2.96. The van der Waals surface area contributed by atoms with Crippen LogP contribution in [0.4, 0.5) is 0 Å². The lowest BCUT2D eigenvalue weighted by atomic mass is 9.74. The summed E-state index contributed by atoms with van der Waals surface area (Å²) in [7, 11) is 1.33. The Bertz CT molecular complexity index is 820. The van der Waals surface area contributed by atoms with Gasteiger partial charge in [-0.15, -0.1) is 0 Å². The van der Waals surface area contributed by atoms with E-state index < -0.39 is 5.97 Å². The van der Waals surface area contributed by atoms with Gasteiger partial charge in [-0.1, -0.05) is 43.7 Å². The molecule has 0 unspecified atom stereocenters. The molecule has 0 aliphatic heterocycles. The number of hydrogen-bond donors (Lipinski definition) is 0. The Morgan fingerprint density at radius 2 is 1.83 bits per heavy atom. The summed E-state index contributed by atoms with van der Waals surface area (Å²) in [5, 5.41) is 0. The minimum Gasteiger partial charge on any atom is -0.465 e. The molecule has 0 bridgehead atoms. The van der Waals surface area contributed by atoms with Crippen molar-refractivity contribution in [3.05, 3.63) is 52.7 Å². The predicted octanol–water partition coefficient (Wildman–Crippen LogP) is 4.00. The van der Waals surface area contributed by atoms with E-state index in [9.17, 15) is 9.59 Å². The number of aromatic nitrogens is 1. The van der Waals surface area contributed by atoms with E-state index in [4.69, 9.17) is 9.72 Å². The van der Waals surface area contributed by atoms with Crippen LogP contribution in [0.15, 0.2) is 30.3 Å². The van der Waals surface area contributed by atoms with Gasteiger partial charge in [-0.3, -0.25) is 9.78 Å². The quantitative estimate of drug-likeness (QED) is 0.784. The third-order valence-electron chi connectivity index (χ3n) is 4.41. The monoisotopic (exact) mass is 323 g/mol. The molecule has 0 N–H and O–H groups in total. The number of ether oxygens (including phenoxy) is 1. The maximum absolute atomic E-state index is 12.6. The van der Waals surface area contributed by atoms with Crippen molar-refractivity contribution < 1.29 is 14.3 Å². The zero-order valence-electron chi connectivity index (χ0n) is 14.5. The number of methoxy groups -OCH3 is 1. The summed E-state index contributed by atoms with van der Waals surface area (Å²) in [5.74, 6) is -0.528. The molecule has 0 radical (unpaired) electrons. The first-order valence-electron chi connectivity index (χ1n) is 8.03. The van der Waals surface area contributed by atoms with Gasteiger partial charge in [-0.2, -0.15) is 0 Å². The molecule has 2 aromatic rings. The number of benzene rings is 1. The molecule has 124 valence electrons. The van der Waals surface area contributed by atoms with Crippen LogP contribution < -0.4 is 0 Å². The lowest BCUT2D eigenvalue weighted by molar-refractivity contribution is 0.0594. The number of fused-ring (bicyclic) bond motifs is 1. The fraction of sp³-hybridized carbons (Fsp3) is 0.350. The summed E-state index contributed by atoms with van der Waals surface area (Å²) in [4.78, 5) is 29.5. The lowest BCUT2D eigenvalue weighted by Gasteiger charge is -2.30. The van der Waals surface area contributed by atoms with Gasteiger partial charge in [0.15, 0.2) is 5.78 Å². The topological polar surface area (TPSA) is 56.3 Å². The average molecular weight is 323 g/mol. The van der Waals surface area contributed by atoms with Crippen molar-refractivity contribution in [1.29, 1.82) is 0 Å². The number of pyridine rings is 1. The Kier molecular flexibility index (Phi) is 3.99. The highest BCUT2D eigenvalue weighted by Crippen LogP contribution is 2.37. The molecule has 0 atom stereocenters. The Hall–Kier alpha value is -2.49. The molecular formula is C20H21NO3. The molecule has 1 aliphatic rings. The van der Waals surface area contributed by atoms with Crippen LogP contribution in [0, 0.1) is 12.3 Å². The summed E-state index contributed by atoms with van der Waals surface area (Å²) in [5.41, 5.74) is 4.05. The van der Waals surface area contributed by atoms with Gasteiger partial charge in [0.1, 0.15) is 0 Å². The van der Waals surface area contributed by atoms with Crippen molar-refractivity contribution in [2.24, 2.45) is 5.41 Å². The van der Waals surface area contributed by atoms with E-state index in [1.165, 1.54) is 7.11 Å². The van der Waals surface area contributed by atoms with E-state index in [1.54, 1.807) is 6.07 Å². The number of rotatable bonds is 2. The van der Waals surface area contributed by atoms with Gasteiger partial charge >= 0.3 is 5.97 Å². The third-order valence-corrected chi connectivity index (χ3v) is 4.41. The zero-order valence-corrected chi connectivity index (χ0v) is 14.5. The Morgan fingerprint density at radius 3 is 2.46 bits per heavy atom. The van der Waals surface area contributed by atoms with Gasteiger partial charge in [0.05, 0.1) is 29.6 Å². The standard InChI is InChI=1S/C20H21NO3/c1-12-5-7-13(8-6-12)15-9-14(19(23)24-4)18-16(21-15)10-20(2,3)11-17(18)22/h5-9H,10-11H2,1-4H3. The van der Waals surface area contributed by atoms with E-state index >= 15 is 0 Å². The minimum atomic E-state index is -0.491. The molecule has 1 aromatic carbocycles. The SMILES string of the molecule is COC(=O)c1cc(-c2ccc(C)cc2)nc2c1C(=O)CC(C)(C)C2. The first-order valence-corrected chi connectivity index (χ1v) is 8.03. The van der Waals surface area contributed by atoms with Crippen molar-refractivity contribution >= 4 is 11.8 Å². The van der Waals surface area contributed by atoms with Gasteiger partial charge in [-0.05, 0) is 24.8 Å². The molecule has 3 rings (SSSR count). The second-order valence-electron chi connectivity index (χ2n) is 7.18. The molecule has 0 spiro atoms. The highest BCUT2D eigenvalue weighted by molar-refractivity contribution is 6.08. The number of aryl methyl sites for hydroxylation is 1. The molecular weight excluding hydrogens is 302 g/mol. The van der Waals surface area contributed by atoms with Gasteiger partial charge < -0.3 is 4.74 Å². The molecule has 1 heterocycles. The molecule has 0 saturated heterocycles. The maximum Gasteiger partial charge on any atom is 0.338 e. The predicted molar refractivity (Wildman–Crippen MR) is 92.2 cm³/mol. The summed E-state index contributed by atoms with van der Waals surface area (Å²) in [6.07, 6.45) is 1.08. The van der Waals surface area contributed by atoms with E-state index in [1.807, 2.05) is 45.0 Å². The molecule has 4 nitrogen and oxygen atoms in total. The van der Waals surface area contributed by atoms with Crippen LogP contribution in [0.2, 0.25) is 0 Å². The number of carbonyl (C=O) groups excluding carboxylic acids is 2. The zero-order chi connectivity index (χ0) is 17.5. The van der Waals surface area contributed by atoms with Crippen LogP contribution in [0.5, 0.6) is 0 Å². The summed E-state index contributed by atoms with van der Waals surface area (Å²) < 4.78 is 4.89. The minimum absolute atomic E-state index is 0.0374. The van der Waals surface area contributed by atoms with Crippen LogP contribution in [-0.2, 0) is 11.2 Å². The molecule has 0 fully saturated rings. The Balaban J connectivity index is 2.22. The molecule has 0 saturated carbocycles. The largest absolute Gasteiger partial charge is 0.465 e. The van der Waals surface area contributed by atoms with Gasteiger partial charge in [0.25, 0.3) is 0 Å². The molecule has 0 amide bonds. The second-order valence-corrected chi connectivity index (χ2v) is 7.18. The fourth-order valence-electron chi connectivity index (χ4n) is 3.22. The smallest absolute Gasteiger partial charge is 0.338 e. The number of Topliss-reactive ketones (excluding diaryl/α,β-unsaturated/α-hetero) is 1. The first-order chi connectivity index (χ1) is 11.3. The second kappa shape index (κ2) is 5.86. The van der Waals surface area contributed by atoms with Crippen LogP contribution in [0.3, 0.4) is 0 Å². The number of nitrogens with zero attached hydrogens (tertiary/aromatic N) is 1. The summed E-state index contributed by atoms with van der Waals surface area (Å²) >= 11 is 0. The molecule has 24 heavy (non-hydrogen) atoms. The number of esters is 1. The molecule has 4 heteroatoms. The summed E-state index contributed by atoms with van der Waals surface area (Å²) in [6, 6.07) is 9.63. The van der Waals surface area contributed by atoms with E-state index in [0.29, 0.717) is 35.4 Å². The molecule has 1 aliphatic carbocycles. The van der Waals surface area contributed by atoms with Crippen molar-refractivity contribution in [3.63, 3.8) is 0 Å². The van der Waals surface area contributed by atoms with Crippen LogP contribution >= 0.6 is 0 Å². The normalized spacial score (nSPS) is 15.8. The lowest BCUT2D eigenvalue weighted by Crippen LogP contribution is -2.30. The van der Waals surface area contributed by atoms with Crippen LogP contribution in [0.25, 0.3) is 11.3 Å². The Labute approximate surface area is 141 Å². The van der Waals surface area contributed by atoms with E-state index in [-0.39, 0.29) is 11.2 Å². The summed E-state index contributed by atoms with van der Waals surface area (Å²) in [6.45, 7) is 6.11. The fourth-order valence-corrected chi connectivity index (χ4v) is 3.22. The highest BCUT2D eigenvalue weighted by Gasteiger charge is 2.35.